The maximum Gasteiger partial charge on any atom is 0.200 e. The van der Waals surface area contributed by atoms with Crippen molar-refractivity contribution in [3.8, 4) is 0 Å². The highest BCUT2D eigenvalue weighted by molar-refractivity contribution is 9.10. The van der Waals surface area contributed by atoms with Crippen molar-refractivity contribution in [3.05, 3.63) is 33.6 Å². The van der Waals surface area contributed by atoms with E-state index in [9.17, 15) is 8.42 Å². The number of fused-ring (bicyclic) bond motifs is 1. The molecule has 1 aliphatic rings. The quantitative estimate of drug-likeness (QED) is 0.846. The maximum absolute atomic E-state index is 11.6. The van der Waals surface area contributed by atoms with Crippen molar-refractivity contribution in [2.24, 2.45) is 0 Å². The second-order valence-electron chi connectivity index (χ2n) is 2.99. The van der Waals surface area contributed by atoms with Crippen LogP contribution in [-0.2, 0) is 9.84 Å². The molecule has 1 aromatic rings. The van der Waals surface area contributed by atoms with E-state index in [2.05, 4.69) is 15.9 Å². The average Bonchev–Trinajstić information content (AvgIpc) is 2.38. The second-order valence-corrected chi connectivity index (χ2v) is 5.67. The summed E-state index contributed by atoms with van der Waals surface area (Å²) in [7, 11) is -3.34. The molecule has 2 rings (SSSR count). The van der Waals surface area contributed by atoms with Gasteiger partial charge in [0.2, 0.25) is 9.84 Å². The van der Waals surface area contributed by atoms with Gasteiger partial charge in [0.05, 0.1) is 11.5 Å². The minimum Gasteiger partial charge on any atom is -0.392 e. The molecular formula is C9H7BrO3S. The van der Waals surface area contributed by atoms with Crippen LogP contribution in [0.15, 0.2) is 33.0 Å². The van der Waals surface area contributed by atoms with Crippen molar-refractivity contribution in [2.75, 3.05) is 6.61 Å². The minimum absolute atomic E-state index is 0.256. The minimum atomic E-state index is -3.34. The summed E-state index contributed by atoms with van der Waals surface area (Å²) < 4.78 is 23.8. The van der Waals surface area contributed by atoms with Crippen LogP contribution in [0.3, 0.4) is 0 Å². The molecule has 0 saturated carbocycles. The fourth-order valence-corrected chi connectivity index (χ4v) is 3.45. The molecule has 1 aliphatic heterocycles. The third-order valence-corrected chi connectivity index (χ3v) is 4.10. The van der Waals surface area contributed by atoms with Gasteiger partial charge in [-0.05, 0) is 23.3 Å². The molecule has 14 heavy (non-hydrogen) atoms. The third-order valence-electron chi connectivity index (χ3n) is 2.06. The molecule has 0 fully saturated rings. The van der Waals surface area contributed by atoms with Crippen LogP contribution in [0.5, 0.6) is 0 Å². The summed E-state index contributed by atoms with van der Waals surface area (Å²) in [6.45, 7) is -0.256. The van der Waals surface area contributed by atoms with Gasteiger partial charge in [-0.3, -0.25) is 0 Å². The van der Waals surface area contributed by atoms with E-state index >= 15 is 0 Å². The predicted octanol–water partition coefficient (Wildman–Crippen LogP) is 1.57. The number of benzene rings is 1. The van der Waals surface area contributed by atoms with Gasteiger partial charge in [-0.25, -0.2) is 8.42 Å². The third kappa shape index (κ3) is 1.41. The zero-order valence-corrected chi connectivity index (χ0v) is 9.47. The van der Waals surface area contributed by atoms with Crippen molar-refractivity contribution < 1.29 is 13.5 Å². The Morgan fingerprint density at radius 2 is 2.07 bits per heavy atom. The molecule has 0 saturated heterocycles. The smallest absolute Gasteiger partial charge is 0.200 e. The molecule has 0 radical (unpaired) electrons. The van der Waals surface area contributed by atoms with Crippen LogP contribution < -0.4 is 0 Å². The molecule has 0 atom stereocenters. The second kappa shape index (κ2) is 3.18. The fraction of sp³-hybridized carbons (Fsp3) is 0.111. The highest BCUT2D eigenvalue weighted by Crippen LogP contribution is 2.34. The van der Waals surface area contributed by atoms with Crippen molar-refractivity contribution in [1.29, 1.82) is 0 Å². The van der Waals surface area contributed by atoms with Crippen LogP contribution in [0.1, 0.15) is 5.56 Å². The summed E-state index contributed by atoms with van der Waals surface area (Å²) in [4.78, 5) is 0.260. The molecule has 1 N–H and O–H groups in total. The van der Waals surface area contributed by atoms with Crippen molar-refractivity contribution >= 4 is 31.3 Å². The zero-order valence-electron chi connectivity index (χ0n) is 7.07. The summed E-state index contributed by atoms with van der Waals surface area (Å²) >= 11 is 3.21. The van der Waals surface area contributed by atoms with E-state index in [1.54, 1.807) is 18.2 Å². The largest absolute Gasteiger partial charge is 0.392 e. The summed E-state index contributed by atoms with van der Waals surface area (Å²) in [6.07, 6.45) is 0. The summed E-state index contributed by atoms with van der Waals surface area (Å²) in [5, 5.41) is 10.1. The zero-order chi connectivity index (χ0) is 10.3. The van der Waals surface area contributed by atoms with Crippen LogP contribution in [0.4, 0.5) is 0 Å². The molecular weight excluding hydrogens is 268 g/mol. The Labute approximate surface area is 90.1 Å². The van der Waals surface area contributed by atoms with Crippen LogP contribution in [0, 0.1) is 0 Å². The molecule has 3 nitrogen and oxygen atoms in total. The molecule has 0 amide bonds. The van der Waals surface area contributed by atoms with E-state index in [0.29, 0.717) is 15.6 Å². The molecule has 0 spiro atoms. The van der Waals surface area contributed by atoms with Crippen LogP contribution in [-0.4, -0.2) is 20.1 Å². The monoisotopic (exact) mass is 274 g/mol. The topological polar surface area (TPSA) is 54.4 Å². The van der Waals surface area contributed by atoms with E-state index in [1.807, 2.05) is 0 Å². The first kappa shape index (κ1) is 9.89. The van der Waals surface area contributed by atoms with Gasteiger partial charge in [-0.2, -0.15) is 0 Å². The van der Waals surface area contributed by atoms with Crippen LogP contribution >= 0.6 is 15.9 Å². The number of aliphatic hydroxyl groups excluding tert-OH is 1. The Hall–Kier alpha value is -0.650. The molecule has 1 heterocycles. The van der Waals surface area contributed by atoms with Gasteiger partial charge in [-0.15, -0.1) is 0 Å². The van der Waals surface area contributed by atoms with E-state index in [1.165, 1.54) is 0 Å². The maximum atomic E-state index is 11.6. The van der Waals surface area contributed by atoms with E-state index in [4.69, 9.17) is 5.11 Å². The number of aliphatic hydroxyl groups is 1. The lowest BCUT2D eigenvalue weighted by Crippen LogP contribution is -1.93. The lowest BCUT2D eigenvalue weighted by molar-refractivity contribution is 0.350. The Balaban J connectivity index is 2.75. The Kier molecular flexibility index (Phi) is 2.25. The van der Waals surface area contributed by atoms with E-state index < -0.39 is 9.84 Å². The normalized spacial score (nSPS) is 17.7. The molecule has 74 valence electrons. The molecule has 5 heteroatoms. The van der Waals surface area contributed by atoms with Gasteiger partial charge >= 0.3 is 0 Å². The number of rotatable bonds is 1. The Bertz CT molecular complexity index is 517. The predicted molar refractivity (Wildman–Crippen MR) is 56.4 cm³/mol. The molecule has 0 aliphatic carbocycles. The Morgan fingerprint density at radius 3 is 2.71 bits per heavy atom. The highest BCUT2D eigenvalue weighted by Gasteiger charge is 2.26. The van der Waals surface area contributed by atoms with E-state index in [0.717, 1.165) is 5.41 Å². The first-order chi connectivity index (χ1) is 6.54. The molecule has 0 aromatic heterocycles. The first-order valence-corrected chi connectivity index (χ1v) is 6.25. The van der Waals surface area contributed by atoms with Crippen molar-refractivity contribution in [1.82, 2.24) is 0 Å². The number of halogens is 1. The van der Waals surface area contributed by atoms with Crippen molar-refractivity contribution in [3.63, 3.8) is 0 Å². The molecule has 0 unspecified atom stereocenters. The van der Waals surface area contributed by atoms with Gasteiger partial charge in [0.1, 0.15) is 0 Å². The van der Waals surface area contributed by atoms with Crippen LogP contribution in [0.25, 0.3) is 5.57 Å². The number of hydrogen-bond acceptors (Lipinski definition) is 3. The van der Waals surface area contributed by atoms with Gasteiger partial charge in [0, 0.05) is 9.88 Å². The lowest BCUT2D eigenvalue weighted by Gasteiger charge is -2.01. The Morgan fingerprint density at radius 1 is 1.36 bits per heavy atom. The summed E-state index contributed by atoms with van der Waals surface area (Å²) in [5.41, 5.74) is 1.04. The molecule has 1 aromatic carbocycles. The van der Waals surface area contributed by atoms with E-state index in [-0.39, 0.29) is 11.5 Å². The van der Waals surface area contributed by atoms with Gasteiger partial charge < -0.3 is 5.11 Å². The summed E-state index contributed by atoms with van der Waals surface area (Å²) in [6, 6.07) is 4.99. The van der Waals surface area contributed by atoms with Crippen LogP contribution in [0.2, 0.25) is 0 Å². The molecule has 0 bridgehead atoms. The van der Waals surface area contributed by atoms with Crippen molar-refractivity contribution in [2.45, 2.75) is 4.90 Å². The standard InChI is InChI=1S/C9H7BrO3S/c10-7-1-2-8-6(4-11)5-14(12,13)9(8)3-7/h1-3,5,11H,4H2. The SMILES string of the molecule is O=S1(=O)C=C(CO)c2ccc(Br)cc21. The fourth-order valence-electron chi connectivity index (χ4n) is 1.43. The first-order valence-electron chi connectivity index (χ1n) is 3.91. The average molecular weight is 275 g/mol. The summed E-state index contributed by atoms with van der Waals surface area (Å²) in [5.74, 6) is 0. The number of sulfone groups is 1. The van der Waals surface area contributed by atoms with Gasteiger partial charge in [0.25, 0.3) is 0 Å². The van der Waals surface area contributed by atoms with Gasteiger partial charge in [-0.1, -0.05) is 22.0 Å². The highest BCUT2D eigenvalue weighted by atomic mass is 79.9. The lowest BCUT2D eigenvalue weighted by atomic mass is 10.1. The number of hydrogen-bond donors (Lipinski definition) is 1. The van der Waals surface area contributed by atoms with Gasteiger partial charge in [0.15, 0.2) is 0 Å².